The van der Waals surface area contributed by atoms with Gasteiger partial charge >= 0.3 is 0 Å². The smallest absolute Gasteiger partial charge is 0.271 e. The fourth-order valence-corrected chi connectivity index (χ4v) is 2.40. The highest BCUT2D eigenvalue weighted by atomic mass is 19.2. The summed E-state index contributed by atoms with van der Waals surface area (Å²) in [4.78, 5) is 4.25. The van der Waals surface area contributed by atoms with E-state index in [2.05, 4.69) is 15.5 Å². The second kappa shape index (κ2) is 6.39. The third kappa shape index (κ3) is 3.23. The third-order valence-corrected chi connectivity index (χ3v) is 3.64. The molecule has 4 rings (SSSR count). The fraction of sp³-hybridized carbons (Fsp3) is 0.176. The third-order valence-electron chi connectivity index (χ3n) is 3.64. The summed E-state index contributed by atoms with van der Waals surface area (Å²) in [5, 5.41) is 6.75. The van der Waals surface area contributed by atoms with Crippen LogP contribution in [0.1, 0.15) is 17.8 Å². The molecule has 1 N–H and O–H groups in total. The molecule has 0 bridgehead atoms. The van der Waals surface area contributed by atoms with Gasteiger partial charge in [-0.05, 0) is 24.3 Å². The minimum absolute atomic E-state index is 0.193. The Labute approximate surface area is 141 Å². The van der Waals surface area contributed by atoms with E-state index < -0.39 is 17.7 Å². The first-order valence-corrected chi connectivity index (χ1v) is 7.59. The van der Waals surface area contributed by atoms with Crippen molar-refractivity contribution >= 4 is 5.69 Å². The molecular formula is C17H13F2N3O3. The molecule has 0 aliphatic carbocycles. The molecule has 2 heterocycles. The number of anilines is 1. The molecule has 3 aromatic rings. The zero-order chi connectivity index (χ0) is 17.2. The van der Waals surface area contributed by atoms with Crippen molar-refractivity contribution in [2.24, 2.45) is 0 Å². The number of nitrogens with one attached hydrogen (secondary N) is 1. The normalized spacial score (nSPS) is 15.8. The topological polar surface area (TPSA) is 69.4 Å². The van der Waals surface area contributed by atoms with Crippen molar-refractivity contribution in [3.63, 3.8) is 0 Å². The second-order valence-corrected chi connectivity index (χ2v) is 5.40. The Kier molecular flexibility index (Phi) is 3.93. The van der Waals surface area contributed by atoms with Crippen LogP contribution in [0.5, 0.6) is 11.5 Å². The predicted octanol–water partition coefficient (Wildman–Crippen LogP) is 3.47. The van der Waals surface area contributed by atoms with Crippen LogP contribution < -0.4 is 14.8 Å². The average Bonchev–Trinajstić information content (AvgIpc) is 3.11. The molecule has 1 atom stereocenters. The lowest BCUT2D eigenvalue weighted by molar-refractivity contribution is 0.0665. The van der Waals surface area contributed by atoms with Crippen LogP contribution in [0, 0.1) is 11.6 Å². The van der Waals surface area contributed by atoms with Crippen molar-refractivity contribution in [1.29, 1.82) is 0 Å². The molecule has 0 fully saturated rings. The number of aromatic nitrogens is 2. The van der Waals surface area contributed by atoms with E-state index in [0.29, 0.717) is 23.0 Å². The van der Waals surface area contributed by atoms with Crippen LogP contribution in [0.15, 0.2) is 47.0 Å². The summed E-state index contributed by atoms with van der Waals surface area (Å²) in [6, 6.07) is 10.8. The Morgan fingerprint density at radius 2 is 1.92 bits per heavy atom. The van der Waals surface area contributed by atoms with E-state index in [1.54, 1.807) is 6.07 Å². The number of ether oxygens (including phenoxy) is 2. The summed E-state index contributed by atoms with van der Waals surface area (Å²) in [5.41, 5.74) is 0.413. The van der Waals surface area contributed by atoms with Gasteiger partial charge in [-0.1, -0.05) is 17.3 Å². The first kappa shape index (κ1) is 15.4. The molecule has 0 unspecified atom stereocenters. The first-order valence-electron chi connectivity index (χ1n) is 7.59. The minimum Gasteiger partial charge on any atom is -0.485 e. The predicted molar refractivity (Wildman–Crippen MR) is 83.3 cm³/mol. The average molecular weight is 345 g/mol. The molecule has 0 saturated heterocycles. The van der Waals surface area contributed by atoms with E-state index >= 15 is 0 Å². The number of benzene rings is 2. The molecule has 6 nitrogen and oxygen atoms in total. The largest absolute Gasteiger partial charge is 0.485 e. The summed E-state index contributed by atoms with van der Waals surface area (Å²) in [5.74, 6) is 0.100. The number of hydrogen-bond acceptors (Lipinski definition) is 6. The molecule has 1 aromatic heterocycles. The number of halogens is 2. The van der Waals surface area contributed by atoms with Gasteiger partial charge in [-0.3, -0.25) is 0 Å². The zero-order valence-electron chi connectivity index (χ0n) is 12.9. The summed E-state index contributed by atoms with van der Waals surface area (Å²) >= 11 is 0. The van der Waals surface area contributed by atoms with Crippen molar-refractivity contribution in [3.05, 3.63) is 65.8 Å². The Morgan fingerprint density at radius 3 is 2.76 bits per heavy atom. The maximum atomic E-state index is 13.2. The second-order valence-electron chi connectivity index (χ2n) is 5.40. The van der Waals surface area contributed by atoms with Gasteiger partial charge in [-0.15, -0.1) is 0 Å². The van der Waals surface area contributed by atoms with Gasteiger partial charge in [0.1, 0.15) is 6.61 Å². The zero-order valence-corrected chi connectivity index (χ0v) is 12.9. The molecule has 1 aliphatic rings. The quantitative estimate of drug-likeness (QED) is 0.781. The van der Waals surface area contributed by atoms with Crippen molar-refractivity contribution in [3.8, 4) is 11.5 Å². The highest BCUT2D eigenvalue weighted by Gasteiger charge is 2.27. The first-order chi connectivity index (χ1) is 12.2. The van der Waals surface area contributed by atoms with Crippen molar-refractivity contribution < 1.29 is 22.8 Å². The molecule has 0 saturated carbocycles. The number of rotatable bonds is 4. The molecule has 2 aromatic carbocycles. The van der Waals surface area contributed by atoms with Gasteiger partial charge in [0.25, 0.3) is 5.89 Å². The van der Waals surface area contributed by atoms with E-state index in [9.17, 15) is 8.78 Å². The van der Waals surface area contributed by atoms with E-state index in [1.165, 1.54) is 6.07 Å². The van der Waals surface area contributed by atoms with Gasteiger partial charge in [-0.2, -0.15) is 4.98 Å². The van der Waals surface area contributed by atoms with Crippen LogP contribution in [-0.2, 0) is 6.54 Å². The van der Waals surface area contributed by atoms with Crippen LogP contribution in [0.25, 0.3) is 0 Å². The number of fused-ring (bicyclic) bond motifs is 1. The maximum absolute atomic E-state index is 13.2. The van der Waals surface area contributed by atoms with Gasteiger partial charge in [0.2, 0.25) is 6.10 Å². The summed E-state index contributed by atoms with van der Waals surface area (Å²) in [6.07, 6.45) is -0.501. The number of hydrogen-bond donors (Lipinski definition) is 1. The van der Waals surface area contributed by atoms with Crippen molar-refractivity contribution in [2.45, 2.75) is 12.6 Å². The summed E-state index contributed by atoms with van der Waals surface area (Å²) in [7, 11) is 0. The monoisotopic (exact) mass is 345 g/mol. The van der Waals surface area contributed by atoms with E-state index in [4.69, 9.17) is 14.0 Å². The van der Waals surface area contributed by atoms with Gasteiger partial charge in [-0.25, -0.2) is 8.78 Å². The SMILES string of the molecule is Fc1ccc(NCc2noc([C@H]3COc4ccccc4O3)n2)cc1F. The summed E-state index contributed by atoms with van der Waals surface area (Å²) in [6.45, 7) is 0.452. The van der Waals surface area contributed by atoms with Crippen LogP contribution in [0.2, 0.25) is 0 Å². The van der Waals surface area contributed by atoms with E-state index in [1.807, 2.05) is 18.2 Å². The molecule has 1 aliphatic heterocycles. The molecule has 8 heteroatoms. The number of para-hydroxylation sites is 2. The lowest BCUT2D eigenvalue weighted by Gasteiger charge is -2.23. The molecule has 0 radical (unpaired) electrons. The van der Waals surface area contributed by atoms with Gasteiger partial charge in [0, 0.05) is 11.8 Å². The van der Waals surface area contributed by atoms with Crippen LogP contribution in [-0.4, -0.2) is 16.7 Å². The Hall–Kier alpha value is -3.16. The summed E-state index contributed by atoms with van der Waals surface area (Å²) < 4.78 is 42.7. The van der Waals surface area contributed by atoms with Crippen LogP contribution in [0.4, 0.5) is 14.5 Å². The lowest BCUT2D eigenvalue weighted by Crippen LogP contribution is -2.21. The highest BCUT2D eigenvalue weighted by molar-refractivity contribution is 5.43. The van der Waals surface area contributed by atoms with Crippen molar-refractivity contribution in [2.75, 3.05) is 11.9 Å². The molecule has 25 heavy (non-hydrogen) atoms. The lowest BCUT2D eigenvalue weighted by atomic mass is 10.2. The fourth-order valence-electron chi connectivity index (χ4n) is 2.40. The maximum Gasteiger partial charge on any atom is 0.271 e. The minimum atomic E-state index is -0.926. The Morgan fingerprint density at radius 1 is 1.08 bits per heavy atom. The molecular weight excluding hydrogens is 332 g/mol. The Bertz CT molecular complexity index is 900. The van der Waals surface area contributed by atoms with Crippen LogP contribution in [0.3, 0.4) is 0 Å². The van der Waals surface area contributed by atoms with Gasteiger partial charge in [0.05, 0.1) is 6.54 Å². The molecule has 128 valence electrons. The van der Waals surface area contributed by atoms with E-state index in [-0.39, 0.29) is 19.0 Å². The van der Waals surface area contributed by atoms with Crippen molar-refractivity contribution in [1.82, 2.24) is 10.1 Å². The van der Waals surface area contributed by atoms with Gasteiger partial charge < -0.3 is 19.3 Å². The highest BCUT2D eigenvalue weighted by Crippen LogP contribution is 2.35. The Balaban J connectivity index is 1.41. The van der Waals surface area contributed by atoms with Crippen LogP contribution >= 0.6 is 0 Å². The van der Waals surface area contributed by atoms with E-state index in [0.717, 1.165) is 12.1 Å². The molecule has 0 spiro atoms. The molecule has 0 amide bonds. The van der Waals surface area contributed by atoms with Gasteiger partial charge in [0.15, 0.2) is 29.0 Å². The number of nitrogens with zero attached hydrogens (tertiary/aromatic N) is 2. The standard InChI is InChI=1S/C17H13F2N3O3/c18-11-6-5-10(7-12(11)19)20-8-16-21-17(25-22-16)15-9-23-13-3-1-2-4-14(13)24-15/h1-7,15,20H,8-9H2/t15-/m1/s1.